The van der Waals surface area contributed by atoms with Crippen LogP contribution in [0.25, 0.3) is 0 Å². The van der Waals surface area contributed by atoms with E-state index in [1.165, 1.54) is 0 Å². The van der Waals surface area contributed by atoms with E-state index in [-0.39, 0.29) is 24.9 Å². The second-order valence-electron chi connectivity index (χ2n) is 4.81. The van der Waals surface area contributed by atoms with Gasteiger partial charge >= 0.3 is 0 Å². The maximum atomic E-state index is 11.7. The molecule has 1 aromatic carbocycles. The highest BCUT2D eigenvalue weighted by atomic mass is 35.5. The molecule has 22 heavy (non-hydrogen) atoms. The highest BCUT2D eigenvalue weighted by Gasteiger charge is 2.10. The summed E-state index contributed by atoms with van der Waals surface area (Å²) in [5.74, 6) is 0.252. The monoisotopic (exact) mass is 367 g/mol. The number of nitrogens with zero attached hydrogens (tertiary/aromatic N) is 1. The molecular formula is C14H20Cl3N3O2. The Balaban J connectivity index is 0.00000242. The Morgan fingerprint density at radius 2 is 2.05 bits per heavy atom. The molecule has 0 bridgehead atoms. The number of amides is 1. The fraction of sp³-hybridized carbons (Fsp3) is 0.500. The van der Waals surface area contributed by atoms with Crippen molar-refractivity contribution in [3.63, 3.8) is 0 Å². The van der Waals surface area contributed by atoms with Gasteiger partial charge in [-0.1, -0.05) is 23.2 Å². The van der Waals surface area contributed by atoms with E-state index in [4.69, 9.17) is 27.9 Å². The molecule has 0 atom stereocenters. The standard InChI is InChI=1S/C14H19Cl2N3O2.ClH/c15-11-1-2-12(16)13(9-11)21-10-14(20)18-5-8-19-6-3-17-4-7-19;/h1-2,9,17H,3-8,10H2,(H,18,20);1H. The van der Waals surface area contributed by atoms with Crippen LogP contribution in [0.3, 0.4) is 0 Å². The number of piperazine rings is 1. The summed E-state index contributed by atoms with van der Waals surface area (Å²) in [6.07, 6.45) is 0. The van der Waals surface area contributed by atoms with Gasteiger partial charge in [-0.15, -0.1) is 12.4 Å². The molecule has 8 heteroatoms. The first-order valence-electron chi connectivity index (χ1n) is 6.93. The van der Waals surface area contributed by atoms with Crippen molar-refractivity contribution in [3.05, 3.63) is 28.2 Å². The highest BCUT2D eigenvalue weighted by Crippen LogP contribution is 2.27. The summed E-state index contributed by atoms with van der Waals surface area (Å²) < 4.78 is 5.37. The third-order valence-electron chi connectivity index (χ3n) is 3.21. The van der Waals surface area contributed by atoms with E-state index in [0.29, 0.717) is 22.3 Å². The smallest absolute Gasteiger partial charge is 0.257 e. The van der Waals surface area contributed by atoms with Crippen molar-refractivity contribution >= 4 is 41.5 Å². The van der Waals surface area contributed by atoms with E-state index >= 15 is 0 Å². The van der Waals surface area contributed by atoms with Gasteiger partial charge in [0, 0.05) is 50.4 Å². The summed E-state index contributed by atoms with van der Waals surface area (Å²) >= 11 is 11.8. The predicted octanol–water partition coefficient (Wildman–Crippen LogP) is 1.82. The molecule has 1 aromatic rings. The van der Waals surface area contributed by atoms with Crippen molar-refractivity contribution in [2.24, 2.45) is 0 Å². The number of carbonyl (C=O) groups excluding carboxylic acids is 1. The van der Waals surface area contributed by atoms with Crippen molar-refractivity contribution < 1.29 is 9.53 Å². The van der Waals surface area contributed by atoms with Gasteiger partial charge in [0.05, 0.1) is 5.02 Å². The van der Waals surface area contributed by atoms with Crippen LogP contribution < -0.4 is 15.4 Å². The third kappa shape index (κ3) is 6.58. The van der Waals surface area contributed by atoms with E-state index in [0.717, 1.165) is 32.7 Å². The number of carbonyl (C=O) groups is 1. The molecule has 0 spiro atoms. The number of ether oxygens (including phenoxy) is 1. The highest BCUT2D eigenvalue weighted by molar-refractivity contribution is 6.34. The third-order valence-corrected chi connectivity index (χ3v) is 3.76. The first-order chi connectivity index (χ1) is 10.1. The van der Waals surface area contributed by atoms with Gasteiger partial charge in [0.2, 0.25) is 0 Å². The summed E-state index contributed by atoms with van der Waals surface area (Å²) in [6, 6.07) is 4.91. The van der Waals surface area contributed by atoms with Gasteiger partial charge < -0.3 is 15.4 Å². The van der Waals surface area contributed by atoms with Gasteiger partial charge in [0.1, 0.15) is 5.75 Å². The zero-order valence-corrected chi connectivity index (χ0v) is 14.4. The number of benzene rings is 1. The number of hydrogen-bond donors (Lipinski definition) is 2. The lowest BCUT2D eigenvalue weighted by Crippen LogP contribution is -2.46. The van der Waals surface area contributed by atoms with E-state index in [1.54, 1.807) is 18.2 Å². The number of nitrogens with one attached hydrogen (secondary N) is 2. The molecule has 1 fully saturated rings. The first-order valence-corrected chi connectivity index (χ1v) is 7.68. The van der Waals surface area contributed by atoms with Gasteiger partial charge in [-0.3, -0.25) is 9.69 Å². The Bertz CT molecular complexity index is 482. The lowest BCUT2D eigenvalue weighted by Gasteiger charge is -2.27. The zero-order chi connectivity index (χ0) is 15.1. The molecule has 124 valence electrons. The van der Waals surface area contributed by atoms with Gasteiger partial charge in [0.25, 0.3) is 5.91 Å². The Hall–Kier alpha value is -0.720. The summed E-state index contributed by atoms with van der Waals surface area (Å²) in [5.41, 5.74) is 0. The number of halogens is 3. The summed E-state index contributed by atoms with van der Waals surface area (Å²) in [4.78, 5) is 14.0. The van der Waals surface area contributed by atoms with Crippen molar-refractivity contribution in [1.82, 2.24) is 15.5 Å². The van der Waals surface area contributed by atoms with Gasteiger partial charge in [-0.05, 0) is 12.1 Å². The minimum atomic E-state index is -0.166. The van der Waals surface area contributed by atoms with Crippen LogP contribution in [0.2, 0.25) is 10.0 Å². The Kier molecular flexibility index (Phi) is 8.90. The van der Waals surface area contributed by atoms with E-state index < -0.39 is 0 Å². The van der Waals surface area contributed by atoms with E-state index in [9.17, 15) is 4.79 Å². The molecule has 1 saturated heterocycles. The van der Waals surface area contributed by atoms with Crippen LogP contribution in [-0.4, -0.2) is 56.7 Å². The minimum absolute atomic E-state index is 0. The van der Waals surface area contributed by atoms with Crippen molar-refractivity contribution in [1.29, 1.82) is 0 Å². The average Bonchev–Trinajstić information content (AvgIpc) is 2.49. The Morgan fingerprint density at radius 1 is 1.32 bits per heavy atom. The van der Waals surface area contributed by atoms with E-state index in [1.807, 2.05) is 0 Å². The van der Waals surface area contributed by atoms with Crippen LogP contribution in [0.1, 0.15) is 0 Å². The molecular weight excluding hydrogens is 349 g/mol. The molecule has 2 N–H and O–H groups in total. The first kappa shape index (κ1) is 19.3. The Morgan fingerprint density at radius 3 is 2.77 bits per heavy atom. The van der Waals surface area contributed by atoms with Gasteiger partial charge in [-0.2, -0.15) is 0 Å². The molecule has 1 amide bonds. The number of hydrogen-bond acceptors (Lipinski definition) is 4. The van der Waals surface area contributed by atoms with Crippen LogP contribution in [0.4, 0.5) is 0 Å². The fourth-order valence-corrected chi connectivity index (χ4v) is 2.40. The maximum absolute atomic E-state index is 11.7. The van der Waals surface area contributed by atoms with Crippen molar-refractivity contribution in [2.45, 2.75) is 0 Å². The molecule has 0 aliphatic carbocycles. The molecule has 5 nitrogen and oxygen atoms in total. The maximum Gasteiger partial charge on any atom is 0.257 e. The van der Waals surface area contributed by atoms with Crippen LogP contribution in [0.15, 0.2) is 18.2 Å². The second-order valence-corrected chi connectivity index (χ2v) is 5.65. The average molecular weight is 369 g/mol. The lowest BCUT2D eigenvalue weighted by atomic mass is 10.3. The second kappa shape index (κ2) is 10.1. The normalized spacial score (nSPS) is 15.0. The van der Waals surface area contributed by atoms with Gasteiger partial charge in [0.15, 0.2) is 6.61 Å². The predicted molar refractivity (Wildman–Crippen MR) is 91.5 cm³/mol. The summed E-state index contributed by atoms with van der Waals surface area (Å²) in [5, 5.41) is 7.08. The summed E-state index contributed by atoms with van der Waals surface area (Å²) in [7, 11) is 0. The SMILES string of the molecule is Cl.O=C(COc1cc(Cl)ccc1Cl)NCCN1CCNCC1. The van der Waals surface area contributed by atoms with Crippen LogP contribution in [0.5, 0.6) is 5.75 Å². The van der Waals surface area contributed by atoms with Crippen molar-refractivity contribution in [2.75, 3.05) is 45.9 Å². The van der Waals surface area contributed by atoms with Gasteiger partial charge in [-0.25, -0.2) is 0 Å². The fourth-order valence-electron chi connectivity index (χ4n) is 2.07. The molecule has 1 aliphatic heterocycles. The molecule has 2 rings (SSSR count). The molecule has 0 aromatic heterocycles. The van der Waals surface area contributed by atoms with Crippen LogP contribution >= 0.6 is 35.6 Å². The number of rotatable bonds is 6. The largest absolute Gasteiger partial charge is 0.482 e. The quantitative estimate of drug-likeness (QED) is 0.804. The van der Waals surface area contributed by atoms with Crippen LogP contribution in [0, 0.1) is 0 Å². The minimum Gasteiger partial charge on any atom is -0.482 e. The van der Waals surface area contributed by atoms with Crippen molar-refractivity contribution in [3.8, 4) is 5.75 Å². The molecule has 0 saturated carbocycles. The summed E-state index contributed by atoms with van der Waals surface area (Å²) in [6.45, 7) is 5.45. The molecule has 1 heterocycles. The molecule has 0 unspecified atom stereocenters. The lowest BCUT2D eigenvalue weighted by molar-refractivity contribution is -0.123. The topological polar surface area (TPSA) is 53.6 Å². The van der Waals surface area contributed by atoms with Crippen LogP contribution in [-0.2, 0) is 4.79 Å². The Labute approximate surface area is 146 Å². The molecule has 1 aliphatic rings. The van der Waals surface area contributed by atoms with E-state index in [2.05, 4.69) is 15.5 Å². The zero-order valence-electron chi connectivity index (χ0n) is 12.1. The molecule has 0 radical (unpaired) electrons.